The van der Waals surface area contributed by atoms with Crippen molar-refractivity contribution in [1.29, 1.82) is 0 Å². The second kappa shape index (κ2) is 5.83. The highest BCUT2D eigenvalue weighted by Crippen LogP contribution is 2.22. The van der Waals surface area contributed by atoms with E-state index in [1.165, 1.54) is 29.5 Å². The van der Waals surface area contributed by atoms with Crippen molar-refractivity contribution >= 4 is 16.5 Å². The fraction of sp³-hybridized carbons (Fsp3) is 0.111. The maximum Gasteiger partial charge on any atom is 0.165 e. The number of hydrogen-bond acceptors (Lipinski definition) is 2. The number of anilines is 1. The Balaban J connectivity index is 1.76. The van der Waals surface area contributed by atoms with Gasteiger partial charge in [-0.1, -0.05) is 36.4 Å². The molecule has 0 bridgehead atoms. The summed E-state index contributed by atoms with van der Waals surface area (Å²) < 4.78 is 18.3. The molecule has 0 fully saturated rings. The average Bonchev–Trinajstić information content (AvgIpc) is 2.54. The molecule has 21 heavy (non-hydrogen) atoms. The van der Waals surface area contributed by atoms with Gasteiger partial charge < -0.3 is 10.1 Å². The summed E-state index contributed by atoms with van der Waals surface area (Å²) in [5.74, 6) is -0.104. The molecule has 3 rings (SSSR count). The van der Waals surface area contributed by atoms with Gasteiger partial charge in [-0.3, -0.25) is 0 Å². The molecule has 0 aliphatic carbocycles. The van der Waals surface area contributed by atoms with Gasteiger partial charge in [0, 0.05) is 18.3 Å². The summed E-state index contributed by atoms with van der Waals surface area (Å²) in [5, 5.41) is 5.72. The predicted molar refractivity (Wildman–Crippen MR) is 84.2 cm³/mol. The Morgan fingerprint density at radius 3 is 2.57 bits per heavy atom. The van der Waals surface area contributed by atoms with Gasteiger partial charge in [0.25, 0.3) is 0 Å². The average molecular weight is 281 g/mol. The second-order valence-electron chi connectivity index (χ2n) is 4.88. The molecule has 0 heterocycles. The van der Waals surface area contributed by atoms with Crippen LogP contribution in [0.3, 0.4) is 0 Å². The number of hydrogen-bond donors (Lipinski definition) is 1. The van der Waals surface area contributed by atoms with Crippen molar-refractivity contribution < 1.29 is 9.13 Å². The largest absolute Gasteiger partial charge is 0.494 e. The SMILES string of the molecule is COc1cc(NCc2ccc3ccccc3c2)ccc1F. The highest BCUT2D eigenvalue weighted by atomic mass is 19.1. The lowest BCUT2D eigenvalue weighted by Crippen LogP contribution is -2.00. The first-order chi connectivity index (χ1) is 10.3. The molecule has 0 unspecified atom stereocenters. The lowest BCUT2D eigenvalue weighted by atomic mass is 10.1. The van der Waals surface area contributed by atoms with Crippen molar-refractivity contribution in [2.24, 2.45) is 0 Å². The Kier molecular flexibility index (Phi) is 3.73. The summed E-state index contributed by atoms with van der Waals surface area (Å²) in [4.78, 5) is 0. The molecule has 3 aromatic rings. The third kappa shape index (κ3) is 2.97. The van der Waals surface area contributed by atoms with E-state index in [1.54, 1.807) is 12.1 Å². The number of methoxy groups -OCH3 is 1. The van der Waals surface area contributed by atoms with Gasteiger partial charge in [-0.25, -0.2) is 4.39 Å². The van der Waals surface area contributed by atoms with Gasteiger partial charge in [0.15, 0.2) is 11.6 Å². The number of ether oxygens (including phenoxy) is 1. The molecule has 3 heteroatoms. The van der Waals surface area contributed by atoms with Gasteiger partial charge in [-0.15, -0.1) is 0 Å². The molecule has 0 aliphatic heterocycles. The van der Waals surface area contributed by atoms with Gasteiger partial charge in [-0.05, 0) is 34.5 Å². The van der Waals surface area contributed by atoms with Crippen LogP contribution in [0.5, 0.6) is 5.75 Å². The van der Waals surface area contributed by atoms with Crippen molar-refractivity contribution in [3.05, 3.63) is 72.0 Å². The highest BCUT2D eigenvalue weighted by Gasteiger charge is 2.03. The maximum absolute atomic E-state index is 13.4. The number of benzene rings is 3. The summed E-state index contributed by atoms with van der Waals surface area (Å²) in [5.41, 5.74) is 2.01. The van der Waals surface area contributed by atoms with E-state index in [0.29, 0.717) is 6.54 Å². The fourth-order valence-corrected chi connectivity index (χ4v) is 2.32. The summed E-state index contributed by atoms with van der Waals surface area (Å²) in [6, 6.07) is 19.4. The van der Waals surface area contributed by atoms with Crippen LogP contribution in [0.4, 0.5) is 10.1 Å². The Labute approximate surface area is 123 Å². The van der Waals surface area contributed by atoms with Crippen LogP contribution in [0, 0.1) is 5.82 Å². The third-order valence-corrected chi connectivity index (χ3v) is 3.46. The first-order valence-electron chi connectivity index (χ1n) is 6.81. The minimum Gasteiger partial charge on any atom is -0.494 e. The van der Waals surface area contributed by atoms with Gasteiger partial charge in [0.1, 0.15) is 0 Å². The summed E-state index contributed by atoms with van der Waals surface area (Å²) in [7, 11) is 1.46. The van der Waals surface area contributed by atoms with E-state index in [0.717, 1.165) is 5.69 Å². The lowest BCUT2D eigenvalue weighted by molar-refractivity contribution is 0.387. The second-order valence-corrected chi connectivity index (χ2v) is 4.88. The van der Waals surface area contributed by atoms with Gasteiger partial charge in [0.2, 0.25) is 0 Å². The molecule has 0 atom stereocenters. The zero-order chi connectivity index (χ0) is 14.7. The van der Waals surface area contributed by atoms with Crippen LogP contribution in [0.15, 0.2) is 60.7 Å². The maximum atomic E-state index is 13.4. The fourth-order valence-electron chi connectivity index (χ4n) is 2.32. The van der Waals surface area contributed by atoms with Crippen molar-refractivity contribution in [2.45, 2.75) is 6.54 Å². The highest BCUT2D eigenvalue weighted by molar-refractivity contribution is 5.83. The van der Waals surface area contributed by atoms with Crippen molar-refractivity contribution in [3.63, 3.8) is 0 Å². The van der Waals surface area contributed by atoms with E-state index in [9.17, 15) is 4.39 Å². The predicted octanol–water partition coefficient (Wildman–Crippen LogP) is 4.60. The number of rotatable bonds is 4. The van der Waals surface area contributed by atoms with E-state index in [-0.39, 0.29) is 11.6 Å². The van der Waals surface area contributed by atoms with Crippen LogP contribution in [-0.4, -0.2) is 7.11 Å². The minimum atomic E-state index is -0.353. The Morgan fingerprint density at radius 1 is 0.952 bits per heavy atom. The van der Waals surface area contributed by atoms with Gasteiger partial charge >= 0.3 is 0 Å². The molecule has 0 radical (unpaired) electrons. The van der Waals surface area contributed by atoms with E-state index in [4.69, 9.17) is 4.74 Å². The number of halogens is 1. The van der Waals surface area contributed by atoms with Crippen LogP contribution in [0.1, 0.15) is 5.56 Å². The minimum absolute atomic E-state index is 0.249. The van der Waals surface area contributed by atoms with E-state index < -0.39 is 0 Å². The van der Waals surface area contributed by atoms with E-state index in [1.807, 2.05) is 12.1 Å². The zero-order valence-corrected chi connectivity index (χ0v) is 11.8. The Morgan fingerprint density at radius 2 is 1.76 bits per heavy atom. The normalized spacial score (nSPS) is 10.6. The smallest absolute Gasteiger partial charge is 0.165 e. The number of nitrogens with one attached hydrogen (secondary N) is 1. The molecule has 2 nitrogen and oxygen atoms in total. The van der Waals surface area contributed by atoms with Gasteiger partial charge in [0.05, 0.1) is 7.11 Å². The molecule has 0 aromatic heterocycles. The van der Waals surface area contributed by atoms with Gasteiger partial charge in [-0.2, -0.15) is 0 Å². The summed E-state index contributed by atoms with van der Waals surface area (Å²) in [6.45, 7) is 0.680. The first-order valence-corrected chi connectivity index (χ1v) is 6.81. The van der Waals surface area contributed by atoms with Crippen LogP contribution in [0.2, 0.25) is 0 Å². The van der Waals surface area contributed by atoms with Crippen LogP contribution >= 0.6 is 0 Å². The Hall–Kier alpha value is -2.55. The van der Waals surface area contributed by atoms with E-state index in [2.05, 4.69) is 35.6 Å². The lowest BCUT2D eigenvalue weighted by Gasteiger charge is -2.09. The topological polar surface area (TPSA) is 21.3 Å². The first kappa shape index (κ1) is 13.4. The number of fused-ring (bicyclic) bond motifs is 1. The monoisotopic (exact) mass is 281 g/mol. The zero-order valence-electron chi connectivity index (χ0n) is 11.8. The van der Waals surface area contributed by atoms with Crippen molar-refractivity contribution in [1.82, 2.24) is 0 Å². The molecule has 0 amide bonds. The summed E-state index contributed by atoms with van der Waals surface area (Å²) in [6.07, 6.45) is 0. The quantitative estimate of drug-likeness (QED) is 0.754. The molecular formula is C18H16FNO. The molecule has 0 aliphatic rings. The molecule has 0 saturated carbocycles. The molecule has 106 valence electrons. The van der Waals surface area contributed by atoms with E-state index >= 15 is 0 Å². The molecule has 0 spiro atoms. The van der Waals surface area contributed by atoms with Crippen LogP contribution < -0.4 is 10.1 Å². The molecule has 1 N–H and O–H groups in total. The standard InChI is InChI=1S/C18H16FNO/c1-21-18-11-16(8-9-17(18)19)20-12-13-6-7-14-4-2-3-5-15(14)10-13/h2-11,20H,12H2,1H3. The molecule has 3 aromatic carbocycles. The third-order valence-electron chi connectivity index (χ3n) is 3.46. The van der Waals surface area contributed by atoms with Crippen molar-refractivity contribution in [2.75, 3.05) is 12.4 Å². The Bertz CT molecular complexity index is 770. The van der Waals surface area contributed by atoms with Crippen molar-refractivity contribution in [3.8, 4) is 5.75 Å². The van der Waals surface area contributed by atoms with Crippen LogP contribution in [0.25, 0.3) is 10.8 Å². The van der Waals surface area contributed by atoms with Crippen LogP contribution in [-0.2, 0) is 6.54 Å². The summed E-state index contributed by atoms with van der Waals surface area (Å²) >= 11 is 0. The molecule has 0 saturated heterocycles. The molecular weight excluding hydrogens is 265 g/mol.